The third-order valence-electron chi connectivity index (χ3n) is 6.45. The predicted octanol–water partition coefficient (Wildman–Crippen LogP) is 9.78. The summed E-state index contributed by atoms with van der Waals surface area (Å²) >= 11 is 0. The first-order valence-electron chi connectivity index (χ1n) is 12.2. The van der Waals surface area contributed by atoms with E-state index in [0.717, 1.165) is 23.7 Å². The molecule has 0 aromatic heterocycles. The van der Waals surface area contributed by atoms with Crippen molar-refractivity contribution < 1.29 is 0 Å². The topological polar surface area (TPSA) is 0 Å². The maximum absolute atomic E-state index is 2.39. The summed E-state index contributed by atoms with van der Waals surface area (Å²) in [5.41, 5.74) is 5.72. The molecule has 4 atom stereocenters. The second-order valence-corrected chi connectivity index (χ2v) is 10.1. The fourth-order valence-corrected chi connectivity index (χ4v) is 4.03. The molecule has 2 aliphatic rings. The second kappa shape index (κ2) is 14.4. The Balaban J connectivity index is 0.000000300. The number of allylic oxidation sites excluding steroid dienone is 12. The molecule has 0 spiro atoms. The minimum absolute atomic E-state index is 0.763. The summed E-state index contributed by atoms with van der Waals surface area (Å²) in [6, 6.07) is 0. The van der Waals surface area contributed by atoms with E-state index in [1.165, 1.54) is 60.8 Å². The van der Waals surface area contributed by atoms with Crippen LogP contribution in [0.25, 0.3) is 0 Å². The van der Waals surface area contributed by atoms with Crippen LogP contribution in [0.4, 0.5) is 0 Å². The molecule has 30 heavy (non-hydrogen) atoms. The lowest BCUT2D eigenvalue weighted by Gasteiger charge is -2.21. The van der Waals surface area contributed by atoms with Crippen LogP contribution in [0.1, 0.15) is 93.9 Å². The Bertz CT molecular complexity index is 609. The Morgan fingerprint density at radius 2 is 1.13 bits per heavy atom. The standard InChI is InChI=1S/2C15H24/c2*1-12(2)6-5-7-14(4)15-10-8-13(3)9-11-15/h2*6,8-10,14-15H,5,7,11H2,1-4H3/t2*14-,15?/m10/s1. The van der Waals surface area contributed by atoms with Gasteiger partial charge in [0.15, 0.2) is 0 Å². The van der Waals surface area contributed by atoms with Crippen LogP contribution in [0.2, 0.25) is 0 Å². The van der Waals surface area contributed by atoms with Crippen LogP contribution in [-0.2, 0) is 0 Å². The second-order valence-electron chi connectivity index (χ2n) is 10.1. The third kappa shape index (κ3) is 11.6. The lowest BCUT2D eigenvalue weighted by Crippen LogP contribution is -2.10. The van der Waals surface area contributed by atoms with Crippen molar-refractivity contribution in [1.29, 1.82) is 0 Å². The van der Waals surface area contributed by atoms with Gasteiger partial charge in [0, 0.05) is 0 Å². The minimum atomic E-state index is 0.763. The molecule has 168 valence electrons. The fourth-order valence-electron chi connectivity index (χ4n) is 4.03. The first-order chi connectivity index (χ1) is 14.2. The molecule has 0 amide bonds. The molecule has 0 nitrogen and oxygen atoms in total. The summed E-state index contributed by atoms with van der Waals surface area (Å²) < 4.78 is 0. The molecule has 0 heteroatoms. The molecule has 2 rings (SSSR count). The summed E-state index contributed by atoms with van der Waals surface area (Å²) in [6.45, 7) is 17.8. The van der Waals surface area contributed by atoms with Crippen LogP contribution in [0.15, 0.2) is 70.9 Å². The van der Waals surface area contributed by atoms with E-state index in [1.807, 2.05) is 0 Å². The van der Waals surface area contributed by atoms with Crippen molar-refractivity contribution in [3.63, 3.8) is 0 Å². The third-order valence-corrected chi connectivity index (χ3v) is 6.45. The van der Waals surface area contributed by atoms with Crippen molar-refractivity contribution >= 4 is 0 Å². The maximum Gasteiger partial charge on any atom is -0.0170 e. The normalized spacial score (nSPS) is 22.1. The van der Waals surface area contributed by atoms with Gasteiger partial charge in [0.05, 0.1) is 0 Å². The highest BCUT2D eigenvalue weighted by atomic mass is 14.2. The zero-order chi connectivity index (χ0) is 22.5. The molecule has 0 saturated carbocycles. The van der Waals surface area contributed by atoms with Crippen LogP contribution >= 0.6 is 0 Å². The Labute approximate surface area is 188 Å². The van der Waals surface area contributed by atoms with Gasteiger partial charge in [-0.2, -0.15) is 0 Å². The highest BCUT2D eigenvalue weighted by Gasteiger charge is 2.15. The van der Waals surface area contributed by atoms with Gasteiger partial charge in [0.2, 0.25) is 0 Å². The molecule has 2 aliphatic carbocycles. The van der Waals surface area contributed by atoms with Crippen LogP contribution < -0.4 is 0 Å². The van der Waals surface area contributed by atoms with Crippen molar-refractivity contribution in [3.8, 4) is 0 Å². The molecular formula is C30H48. The summed E-state index contributed by atoms with van der Waals surface area (Å²) in [5, 5.41) is 0. The molecule has 0 aromatic rings. The monoisotopic (exact) mass is 408 g/mol. The van der Waals surface area contributed by atoms with E-state index in [0.29, 0.717) is 0 Å². The molecule has 0 aliphatic heterocycles. The van der Waals surface area contributed by atoms with E-state index >= 15 is 0 Å². The molecule has 0 bridgehead atoms. The SMILES string of the molecule is CC(C)=CCC[C@@H](C)C1C=CC(C)=CC1.CC(C)=CCC[C@H](C)C1C=CC(C)=CC1. The molecule has 0 radical (unpaired) electrons. The van der Waals surface area contributed by atoms with Gasteiger partial charge in [-0.05, 0) is 104 Å². The van der Waals surface area contributed by atoms with Gasteiger partial charge in [-0.15, -0.1) is 0 Å². The average molecular weight is 409 g/mol. The highest BCUT2D eigenvalue weighted by Crippen LogP contribution is 2.27. The van der Waals surface area contributed by atoms with E-state index < -0.39 is 0 Å². The number of hydrogen-bond acceptors (Lipinski definition) is 0. The molecule has 0 N–H and O–H groups in total. The Kier molecular flexibility index (Phi) is 12.7. The molecule has 0 aromatic carbocycles. The van der Waals surface area contributed by atoms with Gasteiger partial charge < -0.3 is 0 Å². The molecule has 0 saturated heterocycles. The van der Waals surface area contributed by atoms with Gasteiger partial charge >= 0.3 is 0 Å². The maximum atomic E-state index is 2.39. The van der Waals surface area contributed by atoms with Crippen LogP contribution in [-0.4, -0.2) is 0 Å². The van der Waals surface area contributed by atoms with Gasteiger partial charge in [-0.3, -0.25) is 0 Å². The number of rotatable bonds is 8. The molecular weight excluding hydrogens is 360 g/mol. The van der Waals surface area contributed by atoms with Gasteiger partial charge in [0.25, 0.3) is 0 Å². The lowest BCUT2D eigenvalue weighted by molar-refractivity contribution is 0.403. The Hall–Kier alpha value is -1.56. The van der Waals surface area contributed by atoms with Gasteiger partial charge in [-0.25, -0.2) is 0 Å². The summed E-state index contributed by atoms with van der Waals surface area (Å²) in [6.07, 6.45) is 26.3. The summed E-state index contributed by atoms with van der Waals surface area (Å²) in [7, 11) is 0. The Morgan fingerprint density at radius 1 is 0.767 bits per heavy atom. The zero-order valence-corrected chi connectivity index (χ0v) is 21.2. The smallest absolute Gasteiger partial charge is 0.0170 e. The van der Waals surface area contributed by atoms with Gasteiger partial charge in [0.1, 0.15) is 0 Å². The van der Waals surface area contributed by atoms with E-state index in [1.54, 1.807) is 0 Å². The van der Waals surface area contributed by atoms with E-state index in [9.17, 15) is 0 Å². The predicted molar refractivity (Wildman–Crippen MR) is 138 cm³/mol. The summed E-state index contributed by atoms with van der Waals surface area (Å²) in [4.78, 5) is 0. The fraction of sp³-hybridized carbons (Fsp3) is 0.600. The van der Waals surface area contributed by atoms with Crippen molar-refractivity contribution in [3.05, 3.63) is 70.9 Å². The molecule has 0 fully saturated rings. The van der Waals surface area contributed by atoms with Crippen molar-refractivity contribution in [2.45, 2.75) is 93.9 Å². The summed E-state index contributed by atoms with van der Waals surface area (Å²) in [5.74, 6) is 3.14. The van der Waals surface area contributed by atoms with E-state index in [2.05, 4.69) is 104 Å². The largest absolute Gasteiger partial charge is 0.0859 e. The lowest BCUT2D eigenvalue weighted by atomic mass is 9.84. The first-order valence-corrected chi connectivity index (χ1v) is 12.2. The van der Waals surface area contributed by atoms with Crippen LogP contribution in [0.5, 0.6) is 0 Å². The van der Waals surface area contributed by atoms with Crippen LogP contribution in [0.3, 0.4) is 0 Å². The average Bonchev–Trinajstić information content (AvgIpc) is 2.69. The quantitative estimate of drug-likeness (QED) is 0.350. The van der Waals surface area contributed by atoms with E-state index in [4.69, 9.17) is 0 Å². The molecule has 0 heterocycles. The minimum Gasteiger partial charge on any atom is -0.0859 e. The zero-order valence-electron chi connectivity index (χ0n) is 21.2. The van der Waals surface area contributed by atoms with Crippen LogP contribution in [0, 0.1) is 23.7 Å². The first kappa shape index (κ1) is 26.5. The molecule has 2 unspecified atom stereocenters. The van der Waals surface area contributed by atoms with Gasteiger partial charge in [-0.1, -0.05) is 84.7 Å². The van der Waals surface area contributed by atoms with Crippen molar-refractivity contribution in [2.24, 2.45) is 23.7 Å². The van der Waals surface area contributed by atoms with Crippen molar-refractivity contribution in [1.82, 2.24) is 0 Å². The highest BCUT2D eigenvalue weighted by molar-refractivity contribution is 5.22. The van der Waals surface area contributed by atoms with Crippen molar-refractivity contribution in [2.75, 3.05) is 0 Å². The number of hydrogen-bond donors (Lipinski definition) is 0. The van der Waals surface area contributed by atoms with E-state index in [-0.39, 0.29) is 0 Å². The Morgan fingerprint density at radius 3 is 1.40 bits per heavy atom.